The molecule has 0 saturated carbocycles. The van der Waals surface area contributed by atoms with Crippen LogP contribution in [0.4, 0.5) is 8.78 Å². The largest absolute Gasteiger partial charge is 0.291 e. The topological polar surface area (TPSA) is 22.6 Å². The summed E-state index contributed by atoms with van der Waals surface area (Å²) in [5, 5.41) is 7.37. The Labute approximate surface area is 151 Å². The smallest absolute Gasteiger partial charge is 0.254 e. The van der Waals surface area contributed by atoms with Gasteiger partial charge in [-0.3, -0.25) is 10.0 Å². The molecule has 1 saturated heterocycles. The SMILES string of the molecule is CC(C)c1nc(SCC(C)(F)F)ccc1CN1C=C2CN3C=CC2N31. The normalized spacial score (nSPS) is 24.0. The monoisotopic (exact) mass is 364 g/mol. The van der Waals surface area contributed by atoms with E-state index < -0.39 is 5.92 Å². The maximum absolute atomic E-state index is 13.1. The number of alkyl halides is 2. The number of hydrogen-bond donors (Lipinski definition) is 0. The van der Waals surface area contributed by atoms with E-state index >= 15 is 0 Å². The fraction of sp³-hybridized carbons (Fsp3) is 0.500. The first kappa shape index (κ1) is 16.8. The summed E-state index contributed by atoms with van der Waals surface area (Å²) < 4.78 is 26.2. The molecule has 0 amide bonds. The average Bonchev–Trinajstić information content (AvgIpc) is 3.20. The van der Waals surface area contributed by atoms with E-state index in [4.69, 9.17) is 0 Å². The summed E-state index contributed by atoms with van der Waals surface area (Å²) in [5.74, 6) is -2.68. The molecule has 4 heterocycles. The Morgan fingerprint density at radius 3 is 2.80 bits per heavy atom. The number of thioether (sulfide) groups is 1. The van der Waals surface area contributed by atoms with Gasteiger partial charge in [0, 0.05) is 25.0 Å². The Morgan fingerprint density at radius 2 is 2.16 bits per heavy atom. The van der Waals surface area contributed by atoms with Crippen molar-refractivity contribution >= 4 is 11.8 Å². The third kappa shape index (κ3) is 3.15. The lowest BCUT2D eigenvalue weighted by Gasteiger charge is -2.35. The maximum atomic E-state index is 13.1. The van der Waals surface area contributed by atoms with Crippen LogP contribution in [-0.2, 0) is 6.54 Å². The van der Waals surface area contributed by atoms with Crippen LogP contribution in [0.25, 0.3) is 0 Å². The van der Waals surface area contributed by atoms with Crippen LogP contribution in [0.3, 0.4) is 0 Å². The van der Waals surface area contributed by atoms with E-state index in [1.807, 2.05) is 12.1 Å². The lowest BCUT2D eigenvalue weighted by atomic mass is 10.0. The van der Waals surface area contributed by atoms with Crippen molar-refractivity contribution in [3.05, 3.63) is 47.4 Å². The van der Waals surface area contributed by atoms with Crippen molar-refractivity contribution in [2.45, 2.75) is 50.2 Å². The number of nitrogens with zero attached hydrogens (tertiary/aromatic N) is 4. The van der Waals surface area contributed by atoms with Gasteiger partial charge >= 0.3 is 0 Å². The molecule has 7 heteroatoms. The molecule has 3 aliphatic heterocycles. The standard InChI is InChI=1S/C18H22F2N4S/c1-12(2)17-13(4-5-16(21-17)25-11-18(3,19)20)8-23-10-14-9-22-7-6-15(14)24(22)23/h4-7,10,12,15H,8-9,11H2,1-3H3. The van der Waals surface area contributed by atoms with Gasteiger partial charge in [0.2, 0.25) is 0 Å². The van der Waals surface area contributed by atoms with E-state index in [2.05, 4.69) is 52.4 Å². The zero-order valence-corrected chi connectivity index (χ0v) is 15.4. The highest BCUT2D eigenvalue weighted by atomic mass is 32.2. The predicted octanol–water partition coefficient (Wildman–Crippen LogP) is 4.00. The minimum absolute atomic E-state index is 0.245. The van der Waals surface area contributed by atoms with Gasteiger partial charge in [-0.1, -0.05) is 19.9 Å². The predicted molar refractivity (Wildman–Crippen MR) is 94.8 cm³/mol. The number of halogens is 2. The molecule has 0 aromatic carbocycles. The van der Waals surface area contributed by atoms with E-state index in [-0.39, 0.29) is 11.7 Å². The molecular weight excluding hydrogens is 342 g/mol. The molecule has 2 atom stereocenters. The Balaban J connectivity index is 1.52. The zero-order chi connectivity index (χ0) is 17.8. The second-order valence-electron chi connectivity index (χ2n) is 7.21. The highest BCUT2D eigenvalue weighted by Gasteiger charge is 2.45. The Hall–Kier alpha value is -1.60. The van der Waals surface area contributed by atoms with E-state index in [0.29, 0.717) is 11.1 Å². The summed E-state index contributed by atoms with van der Waals surface area (Å²) in [6.07, 6.45) is 6.55. The molecule has 0 N–H and O–H groups in total. The van der Waals surface area contributed by atoms with Crippen molar-refractivity contribution < 1.29 is 8.78 Å². The summed E-state index contributed by atoms with van der Waals surface area (Å²) in [6.45, 7) is 6.86. The minimum atomic E-state index is -2.68. The summed E-state index contributed by atoms with van der Waals surface area (Å²) in [4.78, 5) is 4.67. The molecule has 2 unspecified atom stereocenters. The fourth-order valence-corrected chi connectivity index (χ4v) is 4.26. The van der Waals surface area contributed by atoms with Gasteiger partial charge in [-0.15, -0.1) is 16.9 Å². The van der Waals surface area contributed by atoms with Crippen molar-refractivity contribution in [3.63, 3.8) is 0 Å². The van der Waals surface area contributed by atoms with Gasteiger partial charge < -0.3 is 0 Å². The lowest BCUT2D eigenvalue weighted by Crippen LogP contribution is -2.43. The maximum Gasteiger partial charge on any atom is 0.254 e. The van der Waals surface area contributed by atoms with Crippen LogP contribution in [0.5, 0.6) is 0 Å². The van der Waals surface area contributed by atoms with Crippen LogP contribution in [-0.4, -0.2) is 44.4 Å². The average molecular weight is 364 g/mol. The first-order chi connectivity index (χ1) is 11.8. The fourth-order valence-electron chi connectivity index (χ4n) is 3.53. The first-order valence-electron chi connectivity index (χ1n) is 8.53. The third-order valence-electron chi connectivity index (χ3n) is 4.59. The molecule has 1 aromatic rings. The van der Waals surface area contributed by atoms with E-state index in [1.165, 1.54) is 5.57 Å². The van der Waals surface area contributed by atoms with Crippen LogP contribution < -0.4 is 0 Å². The van der Waals surface area contributed by atoms with Gasteiger partial charge in [-0.2, -0.15) is 0 Å². The minimum Gasteiger partial charge on any atom is -0.291 e. The van der Waals surface area contributed by atoms with Crippen molar-refractivity contribution in [2.75, 3.05) is 12.3 Å². The number of rotatable bonds is 6. The lowest BCUT2D eigenvalue weighted by molar-refractivity contribution is -0.102. The molecule has 1 fully saturated rings. The van der Waals surface area contributed by atoms with Gasteiger partial charge in [0.15, 0.2) is 0 Å². The van der Waals surface area contributed by atoms with E-state index in [9.17, 15) is 8.78 Å². The van der Waals surface area contributed by atoms with Gasteiger partial charge in [0.05, 0.1) is 29.9 Å². The summed E-state index contributed by atoms with van der Waals surface area (Å²) in [7, 11) is 0. The third-order valence-corrected chi connectivity index (χ3v) is 5.77. The van der Waals surface area contributed by atoms with Crippen LogP contribution in [0.15, 0.2) is 41.2 Å². The highest BCUT2D eigenvalue weighted by molar-refractivity contribution is 7.99. The summed E-state index contributed by atoms with van der Waals surface area (Å²) in [5.41, 5.74) is 3.55. The molecule has 4 rings (SSSR count). The molecule has 134 valence electrons. The molecule has 0 radical (unpaired) electrons. The quantitative estimate of drug-likeness (QED) is 0.710. The molecule has 3 aliphatic rings. The van der Waals surface area contributed by atoms with Gasteiger partial charge in [0.25, 0.3) is 5.92 Å². The van der Waals surface area contributed by atoms with Gasteiger partial charge in [-0.05, 0) is 29.2 Å². The molecule has 4 nitrogen and oxygen atoms in total. The van der Waals surface area contributed by atoms with E-state index in [1.54, 1.807) is 0 Å². The van der Waals surface area contributed by atoms with Crippen LogP contribution >= 0.6 is 11.8 Å². The highest BCUT2D eigenvalue weighted by Crippen LogP contribution is 2.39. The summed E-state index contributed by atoms with van der Waals surface area (Å²) in [6, 6.07) is 4.27. The van der Waals surface area contributed by atoms with Crippen molar-refractivity contribution in [1.29, 1.82) is 0 Å². The van der Waals surface area contributed by atoms with Crippen molar-refractivity contribution in [1.82, 2.24) is 20.1 Å². The second kappa shape index (κ2) is 5.99. The summed E-state index contributed by atoms with van der Waals surface area (Å²) >= 11 is 1.12. The number of pyridine rings is 1. The zero-order valence-electron chi connectivity index (χ0n) is 14.6. The van der Waals surface area contributed by atoms with Crippen molar-refractivity contribution in [2.24, 2.45) is 0 Å². The number of hydrogen-bond acceptors (Lipinski definition) is 5. The Bertz CT molecular complexity index is 741. The van der Waals surface area contributed by atoms with Gasteiger partial charge in [-0.25, -0.2) is 13.8 Å². The Kier molecular flexibility index (Phi) is 4.03. The number of aromatic nitrogens is 1. The molecule has 4 bridgehead atoms. The van der Waals surface area contributed by atoms with Crippen LogP contribution in [0.1, 0.15) is 37.9 Å². The Morgan fingerprint density at radius 1 is 1.36 bits per heavy atom. The number of hydrazine groups is 2. The first-order valence-corrected chi connectivity index (χ1v) is 9.52. The van der Waals surface area contributed by atoms with Crippen LogP contribution in [0.2, 0.25) is 0 Å². The molecule has 25 heavy (non-hydrogen) atoms. The molecule has 0 aliphatic carbocycles. The molecule has 1 aromatic heterocycles. The molecular formula is C18H22F2N4S. The van der Waals surface area contributed by atoms with Gasteiger partial charge in [0.1, 0.15) is 0 Å². The van der Waals surface area contributed by atoms with Crippen molar-refractivity contribution in [3.8, 4) is 0 Å². The van der Waals surface area contributed by atoms with Crippen LogP contribution in [0, 0.1) is 0 Å². The molecule has 0 spiro atoms. The van der Waals surface area contributed by atoms with E-state index in [0.717, 1.165) is 43.0 Å². The second-order valence-corrected chi connectivity index (χ2v) is 8.21.